The van der Waals surface area contributed by atoms with Crippen LogP contribution in [0.5, 0.6) is 5.75 Å². The first kappa shape index (κ1) is 12.9. The highest BCUT2D eigenvalue weighted by molar-refractivity contribution is 5.77. The van der Waals surface area contributed by atoms with Gasteiger partial charge in [0.1, 0.15) is 5.75 Å². The summed E-state index contributed by atoms with van der Waals surface area (Å²) in [6, 6.07) is 7.85. The minimum Gasteiger partial charge on any atom is -0.493 e. The number of hydrogen-bond acceptors (Lipinski definition) is 3. The SMILES string of the molecule is Cc1cccc(OCCC(=O)N2CC(CN)C2)c1. The van der Waals surface area contributed by atoms with Crippen LogP contribution in [-0.4, -0.2) is 37.0 Å². The van der Waals surface area contributed by atoms with Gasteiger partial charge in [-0.2, -0.15) is 0 Å². The van der Waals surface area contributed by atoms with E-state index >= 15 is 0 Å². The standard InChI is InChI=1S/C14H20N2O2/c1-11-3-2-4-13(7-11)18-6-5-14(17)16-9-12(8-15)10-16/h2-4,7,12H,5-6,8-10,15H2,1H3. The van der Waals surface area contributed by atoms with Gasteiger partial charge in [0.05, 0.1) is 13.0 Å². The molecular formula is C14H20N2O2. The van der Waals surface area contributed by atoms with Crippen LogP contribution in [-0.2, 0) is 4.79 Å². The van der Waals surface area contributed by atoms with Crippen LogP contribution in [0.4, 0.5) is 0 Å². The van der Waals surface area contributed by atoms with E-state index in [4.69, 9.17) is 10.5 Å². The van der Waals surface area contributed by atoms with Crippen LogP contribution >= 0.6 is 0 Å². The Morgan fingerprint density at radius 1 is 1.50 bits per heavy atom. The molecule has 0 spiro atoms. The van der Waals surface area contributed by atoms with E-state index in [-0.39, 0.29) is 5.91 Å². The predicted molar refractivity (Wildman–Crippen MR) is 70.4 cm³/mol. The van der Waals surface area contributed by atoms with Gasteiger partial charge >= 0.3 is 0 Å². The van der Waals surface area contributed by atoms with E-state index in [1.54, 1.807) is 0 Å². The molecule has 0 saturated carbocycles. The third-order valence-electron chi connectivity index (χ3n) is 3.22. The first-order valence-electron chi connectivity index (χ1n) is 6.36. The second-order valence-electron chi connectivity index (χ2n) is 4.82. The number of benzene rings is 1. The number of nitrogens with two attached hydrogens (primary N) is 1. The quantitative estimate of drug-likeness (QED) is 0.851. The summed E-state index contributed by atoms with van der Waals surface area (Å²) in [7, 11) is 0. The molecule has 1 aromatic carbocycles. The molecule has 1 saturated heterocycles. The van der Waals surface area contributed by atoms with Gasteiger partial charge in [-0.15, -0.1) is 0 Å². The van der Waals surface area contributed by atoms with Crippen molar-refractivity contribution in [3.05, 3.63) is 29.8 Å². The average Bonchev–Trinajstić information content (AvgIpc) is 2.27. The number of hydrogen-bond donors (Lipinski definition) is 1. The lowest BCUT2D eigenvalue weighted by Gasteiger charge is -2.38. The molecule has 1 aromatic rings. The van der Waals surface area contributed by atoms with Crippen LogP contribution in [0, 0.1) is 12.8 Å². The number of likely N-dealkylation sites (tertiary alicyclic amines) is 1. The summed E-state index contributed by atoms with van der Waals surface area (Å²) in [5, 5.41) is 0. The number of ether oxygens (including phenoxy) is 1. The summed E-state index contributed by atoms with van der Waals surface area (Å²) in [6.45, 7) is 4.74. The van der Waals surface area contributed by atoms with Crippen LogP contribution in [0.2, 0.25) is 0 Å². The summed E-state index contributed by atoms with van der Waals surface area (Å²) in [4.78, 5) is 13.6. The molecule has 0 aromatic heterocycles. The number of carbonyl (C=O) groups excluding carboxylic acids is 1. The number of nitrogens with zero attached hydrogens (tertiary/aromatic N) is 1. The van der Waals surface area contributed by atoms with Crippen molar-refractivity contribution >= 4 is 5.91 Å². The van der Waals surface area contributed by atoms with Crippen molar-refractivity contribution in [3.8, 4) is 5.75 Å². The lowest BCUT2D eigenvalue weighted by molar-refractivity contribution is -0.137. The lowest BCUT2D eigenvalue weighted by atomic mass is 10.0. The summed E-state index contributed by atoms with van der Waals surface area (Å²) in [6.07, 6.45) is 0.436. The second-order valence-corrected chi connectivity index (χ2v) is 4.82. The minimum atomic E-state index is 0.160. The van der Waals surface area contributed by atoms with Gasteiger partial charge in [0.25, 0.3) is 0 Å². The van der Waals surface area contributed by atoms with Gasteiger partial charge in [-0.25, -0.2) is 0 Å². The zero-order valence-electron chi connectivity index (χ0n) is 10.8. The van der Waals surface area contributed by atoms with Crippen LogP contribution in [0.25, 0.3) is 0 Å². The Morgan fingerprint density at radius 3 is 2.94 bits per heavy atom. The summed E-state index contributed by atoms with van der Waals surface area (Å²) < 4.78 is 5.56. The molecule has 1 heterocycles. The summed E-state index contributed by atoms with van der Waals surface area (Å²) in [5.41, 5.74) is 6.68. The first-order chi connectivity index (χ1) is 8.69. The van der Waals surface area contributed by atoms with Crippen molar-refractivity contribution in [2.75, 3.05) is 26.2 Å². The van der Waals surface area contributed by atoms with Gasteiger partial charge in [0, 0.05) is 19.0 Å². The van der Waals surface area contributed by atoms with E-state index in [9.17, 15) is 4.79 Å². The molecule has 4 heteroatoms. The molecule has 0 radical (unpaired) electrons. The molecule has 18 heavy (non-hydrogen) atoms. The van der Waals surface area contributed by atoms with Crippen molar-refractivity contribution in [1.29, 1.82) is 0 Å². The lowest BCUT2D eigenvalue weighted by Crippen LogP contribution is -2.52. The molecule has 4 nitrogen and oxygen atoms in total. The van der Waals surface area contributed by atoms with Crippen molar-refractivity contribution < 1.29 is 9.53 Å². The number of carbonyl (C=O) groups is 1. The Labute approximate surface area is 108 Å². The molecule has 0 aliphatic carbocycles. The van der Waals surface area contributed by atoms with Crippen molar-refractivity contribution in [2.45, 2.75) is 13.3 Å². The largest absolute Gasteiger partial charge is 0.493 e. The minimum absolute atomic E-state index is 0.160. The van der Waals surface area contributed by atoms with Gasteiger partial charge in [-0.1, -0.05) is 12.1 Å². The summed E-state index contributed by atoms with van der Waals surface area (Å²) in [5.74, 6) is 1.48. The third-order valence-corrected chi connectivity index (χ3v) is 3.22. The number of amides is 1. The van der Waals surface area contributed by atoms with Crippen molar-refractivity contribution in [2.24, 2.45) is 11.7 Å². The fraction of sp³-hybridized carbons (Fsp3) is 0.500. The number of aryl methyl sites for hydroxylation is 1. The Kier molecular flexibility index (Phi) is 4.20. The first-order valence-corrected chi connectivity index (χ1v) is 6.36. The van der Waals surface area contributed by atoms with E-state index in [1.165, 1.54) is 0 Å². The zero-order chi connectivity index (χ0) is 13.0. The van der Waals surface area contributed by atoms with E-state index in [0.29, 0.717) is 25.5 Å². The highest BCUT2D eigenvalue weighted by Gasteiger charge is 2.28. The maximum Gasteiger partial charge on any atom is 0.226 e. The summed E-state index contributed by atoms with van der Waals surface area (Å²) >= 11 is 0. The van der Waals surface area contributed by atoms with Crippen molar-refractivity contribution in [3.63, 3.8) is 0 Å². The van der Waals surface area contributed by atoms with Gasteiger partial charge in [0.2, 0.25) is 5.91 Å². The molecule has 98 valence electrons. The Morgan fingerprint density at radius 2 is 2.28 bits per heavy atom. The normalized spacial score (nSPS) is 15.3. The fourth-order valence-corrected chi connectivity index (χ4v) is 2.04. The predicted octanol–water partition coefficient (Wildman–Crippen LogP) is 1.18. The number of rotatable bonds is 5. The smallest absolute Gasteiger partial charge is 0.226 e. The van der Waals surface area contributed by atoms with Crippen LogP contribution in [0.1, 0.15) is 12.0 Å². The topological polar surface area (TPSA) is 55.6 Å². The molecule has 0 bridgehead atoms. The molecule has 0 atom stereocenters. The van der Waals surface area contributed by atoms with Crippen LogP contribution in [0.15, 0.2) is 24.3 Å². The monoisotopic (exact) mass is 248 g/mol. The van der Waals surface area contributed by atoms with E-state index in [2.05, 4.69) is 0 Å². The highest BCUT2D eigenvalue weighted by Crippen LogP contribution is 2.16. The van der Waals surface area contributed by atoms with E-state index in [0.717, 1.165) is 24.4 Å². The van der Waals surface area contributed by atoms with E-state index < -0.39 is 0 Å². The molecule has 1 amide bonds. The van der Waals surface area contributed by atoms with Gasteiger partial charge < -0.3 is 15.4 Å². The average molecular weight is 248 g/mol. The fourth-order valence-electron chi connectivity index (χ4n) is 2.04. The molecule has 1 aliphatic heterocycles. The molecular weight excluding hydrogens is 228 g/mol. The Hall–Kier alpha value is -1.55. The second kappa shape index (κ2) is 5.87. The van der Waals surface area contributed by atoms with Crippen LogP contribution < -0.4 is 10.5 Å². The zero-order valence-corrected chi connectivity index (χ0v) is 10.8. The Balaban J connectivity index is 1.68. The van der Waals surface area contributed by atoms with Crippen molar-refractivity contribution in [1.82, 2.24) is 4.90 Å². The maximum atomic E-state index is 11.7. The van der Waals surface area contributed by atoms with E-state index in [1.807, 2.05) is 36.1 Å². The van der Waals surface area contributed by atoms with Gasteiger partial charge in [-0.05, 0) is 31.2 Å². The molecule has 0 unspecified atom stereocenters. The molecule has 2 N–H and O–H groups in total. The highest BCUT2D eigenvalue weighted by atomic mass is 16.5. The Bertz CT molecular complexity index is 414. The molecule has 2 rings (SSSR count). The van der Waals surface area contributed by atoms with Gasteiger partial charge in [0.15, 0.2) is 0 Å². The van der Waals surface area contributed by atoms with Gasteiger partial charge in [-0.3, -0.25) is 4.79 Å². The molecule has 1 aliphatic rings. The van der Waals surface area contributed by atoms with Crippen LogP contribution in [0.3, 0.4) is 0 Å². The third kappa shape index (κ3) is 3.23. The molecule has 1 fully saturated rings. The maximum absolute atomic E-state index is 11.7.